The van der Waals surface area contributed by atoms with Crippen LogP contribution < -0.4 is 5.73 Å². The van der Waals surface area contributed by atoms with Crippen LogP contribution in [0.3, 0.4) is 0 Å². The SMILES string of the molecule is NC1CC2CCC(C1)N2C(=O)c1ccccc1C(F)(F)F. The Bertz CT molecular complexity index is 544. The second-order valence-corrected chi connectivity index (χ2v) is 5.87. The highest BCUT2D eigenvalue weighted by molar-refractivity contribution is 5.96. The van der Waals surface area contributed by atoms with Gasteiger partial charge in [0.1, 0.15) is 0 Å². The van der Waals surface area contributed by atoms with Crippen molar-refractivity contribution in [2.45, 2.75) is 50.0 Å². The maximum absolute atomic E-state index is 13.1. The Labute approximate surface area is 120 Å². The summed E-state index contributed by atoms with van der Waals surface area (Å²) in [6.45, 7) is 0. The third-order valence-corrected chi connectivity index (χ3v) is 4.47. The Morgan fingerprint density at radius 2 is 1.71 bits per heavy atom. The van der Waals surface area contributed by atoms with E-state index >= 15 is 0 Å². The summed E-state index contributed by atoms with van der Waals surface area (Å²) in [6.07, 6.45) is -1.50. The van der Waals surface area contributed by atoms with E-state index in [1.807, 2.05) is 0 Å². The maximum Gasteiger partial charge on any atom is 0.417 e. The molecule has 1 amide bonds. The molecular formula is C15H17F3N2O. The number of carbonyl (C=O) groups excluding carboxylic acids is 1. The van der Waals surface area contributed by atoms with Gasteiger partial charge in [-0.3, -0.25) is 4.79 Å². The number of amides is 1. The molecule has 2 fully saturated rings. The molecule has 3 rings (SSSR count). The van der Waals surface area contributed by atoms with Crippen molar-refractivity contribution in [1.29, 1.82) is 0 Å². The first-order valence-corrected chi connectivity index (χ1v) is 7.12. The molecule has 0 saturated carbocycles. The highest BCUT2D eigenvalue weighted by Crippen LogP contribution is 2.38. The fourth-order valence-electron chi connectivity index (χ4n) is 3.61. The predicted molar refractivity (Wildman–Crippen MR) is 71.6 cm³/mol. The molecule has 2 atom stereocenters. The van der Waals surface area contributed by atoms with Crippen LogP contribution in [0.15, 0.2) is 24.3 Å². The third kappa shape index (κ3) is 2.52. The molecule has 21 heavy (non-hydrogen) atoms. The monoisotopic (exact) mass is 298 g/mol. The summed E-state index contributed by atoms with van der Waals surface area (Å²) in [7, 11) is 0. The van der Waals surface area contributed by atoms with Gasteiger partial charge in [0.05, 0.1) is 11.1 Å². The number of halogens is 3. The number of nitrogens with zero attached hydrogens (tertiary/aromatic N) is 1. The van der Waals surface area contributed by atoms with Crippen LogP contribution in [-0.4, -0.2) is 28.9 Å². The molecule has 2 aliphatic rings. The number of nitrogens with two attached hydrogens (primary N) is 1. The summed E-state index contributed by atoms with van der Waals surface area (Å²) in [5.41, 5.74) is 4.83. The number of alkyl halides is 3. The first kappa shape index (κ1) is 14.4. The average Bonchev–Trinajstić information content (AvgIpc) is 2.69. The number of fused-ring (bicyclic) bond motifs is 2. The quantitative estimate of drug-likeness (QED) is 0.866. The van der Waals surface area contributed by atoms with Crippen molar-refractivity contribution < 1.29 is 18.0 Å². The minimum absolute atomic E-state index is 0.0208. The third-order valence-electron chi connectivity index (χ3n) is 4.47. The van der Waals surface area contributed by atoms with E-state index in [1.165, 1.54) is 18.2 Å². The lowest BCUT2D eigenvalue weighted by molar-refractivity contribution is -0.138. The van der Waals surface area contributed by atoms with E-state index in [9.17, 15) is 18.0 Å². The zero-order chi connectivity index (χ0) is 15.2. The number of carbonyl (C=O) groups is 1. The van der Waals surface area contributed by atoms with Crippen LogP contribution in [0.25, 0.3) is 0 Å². The molecule has 0 aliphatic carbocycles. The summed E-state index contributed by atoms with van der Waals surface area (Å²) in [4.78, 5) is 14.3. The number of benzene rings is 1. The standard InChI is InChI=1S/C15H17F3N2O/c16-15(17,18)13-4-2-1-3-12(13)14(21)20-10-5-6-11(20)8-9(19)7-10/h1-4,9-11H,5-8,19H2. The van der Waals surface area contributed by atoms with Gasteiger partial charge < -0.3 is 10.6 Å². The van der Waals surface area contributed by atoms with E-state index in [-0.39, 0.29) is 23.7 Å². The molecule has 2 saturated heterocycles. The van der Waals surface area contributed by atoms with Crippen molar-refractivity contribution in [2.75, 3.05) is 0 Å². The molecule has 2 unspecified atom stereocenters. The minimum Gasteiger partial charge on any atom is -0.333 e. The Morgan fingerprint density at radius 1 is 1.14 bits per heavy atom. The van der Waals surface area contributed by atoms with Crippen molar-refractivity contribution >= 4 is 5.91 Å². The first-order valence-electron chi connectivity index (χ1n) is 7.12. The zero-order valence-corrected chi connectivity index (χ0v) is 11.4. The first-order chi connectivity index (χ1) is 9.88. The summed E-state index contributed by atoms with van der Waals surface area (Å²) in [6, 6.07) is 5.01. The lowest BCUT2D eigenvalue weighted by atomic mass is 9.96. The van der Waals surface area contributed by atoms with Crippen LogP contribution in [0.1, 0.15) is 41.6 Å². The lowest BCUT2D eigenvalue weighted by Gasteiger charge is -2.38. The van der Waals surface area contributed by atoms with Crippen LogP contribution in [-0.2, 0) is 6.18 Å². The number of hydrogen-bond donors (Lipinski definition) is 1. The van der Waals surface area contributed by atoms with Gasteiger partial charge in [0.15, 0.2) is 0 Å². The van der Waals surface area contributed by atoms with Gasteiger partial charge in [-0.05, 0) is 37.8 Å². The molecule has 1 aromatic carbocycles. The van der Waals surface area contributed by atoms with Crippen LogP contribution in [0.5, 0.6) is 0 Å². The molecular weight excluding hydrogens is 281 g/mol. The predicted octanol–water partition coefficient (Wildman–Crippen LogP) is 2.80. The van der Waals surface area contributed by atoms with E-state index in [4.69, 9.17) is 5.73 Å². The Balaban J connectivity index is 1.94. The number of rotatable bonds is 1. The van der Waals surface area contributed by atoms with Gasteiger partial charge in [-0.2, -0.15) is 13.2 Å². The smallest absolute Gasteiger partial charge is 0.333 e. The van der Waals surface area contributed by atoms with Gasteiger partial charge in [0, 0.05) is 18.1 Å². The molecule has 114 valence electrons. The van der Waals surface area contributed by atoms with Gasteiger partial charge >= 0.3 is 6.18 Å². The van der Waals surface area contributed by atoms with Crippen LogP contribution in [0.2, 0.25) is 0 Å². The Kier molecular flexibility index (Phi) is 3.43. The van der Waals surface area contributed by atoms with Crippen LogP contribution in [0, 0.1) is 0 Å². The Hall–Kier alpha value is -1.56. The molecule has 0 aromatic heterocycles. The summed E-state index contributed by atoms with van der Waals surface area (Å²) in [5, 5.41) is 0. The molecule has 2 N–H and O–H groups in total. The van der Waals surface area contributed by atoms with Crippen molar-refractivity contribution in [3.63, 3.8) is 0 Å². The fraction of sp³-hybridized carbons (Fsp3) is 0.533. The maximum atomic E-state index is 13.1. The van der Waals surface area contributed by atoms with Crippen molar-refractivity contribution in [1.82, 2.24) is 4.90 Å². The molecule has 2 aliphatic heterocycles. The molecule has 1 aromatic rings. The van der Waals surface area contributed by atoms with Gasteiger partial charge in [-0.1, -0.05) is 12.1 Å². The second-order valence-electron chi connectivity index (χ2n) is 5.87. The molecule has 2 bridgehead atoms. The van der Waals surface area contributed by atoms with Crippen molar-refractivity contribution in [3.8, 4) is 0 Å². The van der Waals surface area contributed by atoms with E-state index < -0.39 is 17.6 Å². The van der Waals surface area contributed by atoms with Crippen LogP contribution in [0.4, 0.5) is 13.2 Å². The summed E-state index contributed by atoms with van der Waals surface area (Å²) in [5.74, 6) is -0.512. The largest absolute Gasteiger partial charge is 0.417 e. The molecule has 0 radical (unpaired) electrons. The lowest BCUT2D eigenvalue weighted by Crippen LogP contribution is -2.50. The molecule has 3 nitrogen and oxygen atoms in total. The van der Waals surface area contributed by atoms with Crippen LogP contribution >= 0.6 is 0 Å². The zero-order valence-electron chi connectivity index (χ0n) is 11.4. The number of piperidine rings is 1. The van der Waals surface area contributed by atoms with Crippen molar-refractivity contribution in [2.24, 2.45) is 5.73 Å². The minimum atomic E-state index is -4.52. The van der Waals surface area contributed by atoms with Gasteiger partial charge in [0.25, 0.3) is 5.91 Å². The topological polar surface area (TPSA) is 46.3 Å². The average molecular weight is 298 g/mol. The molecule has 0 spiro atoms. The van der Waals surface area contributed by atoms with E-state index in [2.05, 4.69) is 0 Å². The van der Waals surface area contributed by atoms with E-state index in [0.717, 1.165) is 18.9 Å². The number of hydrogen-bond acceptors (Lipinski definition) is 2. The van der Waals surface area contributed by atoms with E-state index in [0.29, 0.717) is 12.8 Å². The fourth-order valence-corrected chi connectivity index (χ4v) is 3.61. The van der Waals surface area contributed by atoms with Gasteiger partial charge in [-0.25, -0.2) is 0 Å². The highest BCUT2D eigenvalue weighted by atomic mass is 19.4. The Morgan fingerprint density at radius 3 is 2.29 bits per heavy atom. The van der Waals surface area contributed by atoms with Gasteiger partial charge in [0.2, 0.25) is 0 Å². The molecule has 6 heteroatoms. The molecule has 2 heterocycles. The second kappa shape index (κ2) is 5.02. The highest BCUT2D eigenvalue weighted by Gasteiger charge is 2.44. The van der Waals surface area contributed by atoms with E-state index in [1.54, 1.807) is 4.90 Å². The normalized spacial score (nSPS) is 28.8. The van der Waals surface area contributed by atoms with Crippen molar-refractivity contribution in [3.05, 3.63) is 35.4 Å². The summed E-state index contributed by atoms with van der Waals surface area (Å²) < 4.78 is 39.2. The summed E-state index contributed by atoms with van der Waals surface area (Å²) >= 11 is 0. The van der Waals surface area contributed by atoms with Gasteiger partial charge in [-0.15, -0.1) is 0 Å².